The van der Waals surface area contributed by atoms with Gasteiger partial charge in [0.15, 0.2) is 0 Å². The van der Waals surface area contributed by atoms with Gasteiger partial charge in [0.1, 0.15) is 5.82 Å². The molecule has 0 fully saturated rings. The number of benzene rings is 2. The summed E-state index contributed by atoms with van der Waals surface area (Å²) in [6, 6.07) is 13.2. The molecule has 0 aliphatic rings. The summed E-state index contributed by atoms with van der Waals surface area (Å²) >= 11 is 0. The summed E-state index contributed by atoms with van der Waals surface area (Å²) in [4.78, 5) is 26.3. The maximum Gasteiger partial charge on any atom is 0.259 e. The van der Waals surface area contributed by atoms with Crippen LogP contribution >= 0.6 is 0 Å². The number of halogens is 1. The summed E-state index contributed by atoms with van der Waals surface area (Å²) < 4.78 is 14.9. The molecule has 7 heteroatoms. The number of hydrogen-bond donors (Lipinski definition) is 1. The fourth-order valence-electron chi connectivity index (χ4n) is 3.11. The monoisotopic (exact) mass is 408 g/mol. The number of nitrogens with one attached hydrogen (secondary N) is 1. The van der Waals surface area contributed by atoms with Crippen molar-refractivity contribution < 1.29 is 14.0 Å². The Morgan fingerprint density at radius 2 is 1.70 bits per heavy atom. The van der Waals surface area contributed by atoms with Gasteiger partial charge in [-0.05, 0) is 47.9 Å². The second-order valence-corrected chi connectivity index (χ2v) is 7.60. The van der Waals surface area contributed by atoms with Crippen molar-refractivity contribution in [2.24, 2.45) is 0 Å². The van der Waals surface area contributed by atoms with Crippen LogP contribution in [0.3, 0.4) is 0 Å². The van der Waals surface area contributed by atoms with Crippen LogP contribution in [0, 0.1) is 5.82 Å². The second kappa shape index (κ2) is 8.90. The van der Waals surface area contributed by atoms with Crippen LogP contribution in [0.1, 0.15) is 41.4 Å². The molecular formula is C23H25FN4O2. The van der Waals surface area contributed by atoms with E-state index in [2.05, 4.69) is 10.4 Å². The summed E-state index contributed by atoms with van der Waals surface area (Å²) in [5.41, 5.74) is 3.39. The molecule has 3 rings (SSSR count). The van der Waals surface area contributed by atoms with Crippen molar-refractivity contribution in [3.63, 3.8) is 0 Å². The Balaban J connectivity index is 1.80. The van der Waals surface area contributed by atoms with Crippen LogP contribution in [0.2, 0.25) is 0 Å². The first-order chi connectivity index (χ1) is 14.3. The number of amides is 2. The molecule has 0 aliphatic carbocycles. The van der Waals surface area contributed by atoms with Crippen LogP contribution in [-0.2, 0) is 11.2 Å². The topological polar surface area (TPSA) is 67.2 Å². The van der Waals surface area contributed by atoms with E-state index in [-0.39, 0.29) is 23.5 Å². The van der Waals surface area contributed by atoms with E-state index in [1.807, 2.05) is 26.0 Å². The van der Waals surface area contributed by atoms with Gasteiger partial charge in [-0.1, -0.05) is 26.0 Å². The molecule has 1 heterocycles. The van der Waals surface area contributed by atoms with E-state index in [1.54, 1.807) is 47.9 Å². The van der Waals surface area contributed by atoms with Crippen molar-refractivity contribution in [3.8, 4) is 5.69 Å². The predicted octanol–water partition coefficient (Wildman–Crippen LogP) is 4.02. The number of carbonyl (C=O) groups excluding carboxylic acids is 2. The Hall–Kier alpha value is -3.48. The highest BCUT2D eigenvalue weighted by Crippen LogP contribution is 2.24. The molecule has 2 amide bonds. The number of aromatic nitrogens is 2. The van der Waals surface area contributed by atoms with Gasteiger partial charge in [-0.15, -0.1) is 0 Å². The van der Waals surface area contributed by atoms with E-state index >= 15 is 0 Å². The fraction of sp³-hybridized carbons (Fsp3) is 0.261. The van der Waals surface area contributed by atoms with E-state index in [9.17, 15) is 14.0 Å². The Bertz CT molecular complexity index is 1040. The van der Waals surface area contributed by atoms with E-state index < -0.39 is 0 Å². The fourth-order valence-corrected chi connectivity index (χ4v) is 3.11. The molecule has 1 aromatic heterocycles. The predicted molar refractivity (Wildman–Crippen MR) is 114 cm³/mol. The molecule has 30 heavy (non-hydrogen) atoms. The first-order valence-corrected chi connectivity index (χ1v) is 9.70. The number of carbonyl (C=O) groups is 2. The average molecular weight is 408 g/mol. The van der Waals surface area contributed by atoms with E-state index in [0.717, 1.165) is 11.3 Å². The van der Waals surface area contributed by atoms with Crippen LogP contribution in [0.25, 0.3) is 5.69 Å². The van der Waals surface area contributed by atoms with Crippen molar-refractivity contribution in [2.75, 3.05) is 19.4 Å². The minimum atomic E-state index is -0.328. The highest BCUT2D eigenvalue weighted by Gasteiger charge is 2.21. The van der Waals surface area contributed by atoms with Gasteiger partial charge >= 0.3 is 0 Å². The molecule has 0 atom stereocenters. The smallest absolute Gasteiger partial charge is 0.259 e. The van der Waals surface area contributed by atoms with Crippen LogP contribution in [0.4, 0.5) is 10.1 Å². The lowest BCUT2D eigenvalue weighted by Gasteiger charge is -2.13. The van der Waals surface area contributed by atoms with Crippen LogP contribution < -0.4 is 5.32 Å². The van der Waals surface area contributed by atoms with Gasteiger partial charge < -0.3 is 10.2 Å². The van der Waals surface area contributed by atoms with Crippen LogP contribution in [-0.4, -0.2) is 40.6 Å². The second-order valence-electron chi connectivity index (χ2n) is 7.60. The number of hydrogen-bond acceptors (Lipinski definition) is 3. The quantitative estimate of drug-likeness (QED) is 0.670. The molecule has 3 aromatic rings. The SMILES string of the molecule is CC(C)c1c(C(=O)Nc2ccc(CC(=O)N(C)C)cc2)cnn1-c1ccc(F)cc1. The lowest BCUT2D eigenvalue weighted by Crippen LogP contribution is -2.23. The van der Waals surface area contributed by atoms with Crippen LogP contribution in [0.15, 0.2) is 54.7 Å². The third-order valence-corrected chi connectivity index (χ3v) is 4.74. The van der Waals surface area contributed by atoms with Gasteiger partial charge in [0, 0.05) is 19.8 Å². The summed E-state index contributed by atoms with van der Waals surface area (Å²) in [5.74, 6) is -0.561. The van der Waals surface area contributed by atoms with E-state index in [4.69, 9.17) is 0 Å². The zero-order valence-corrected chi connectivity index (χ0v) is 17.5. The lowest BCUT2D eigenvalue weighted by atomic mass is 10.0. The standard InChI is InChI=1S/C23H25FN4O2/c1-15(2)22-20(14-25-28(22)19-11-7-17(24)8-12-19)23(30)26-18-9-5-16(6-10-18)13-21(29)27(3)4/h5-12,14-15H,13H2,1-4H3,(H,26,30). The number of rotatable bonds is 6. The van der Waals surface area contributed by atoms with Crippen molar-refractivity contribution in [1.29, 1.82) is 0 Å². The minimum Gasteiger partial charge on any atom is -0.349 e. The lowest BCUT2D eigenvalue weighted by molar-refractivity contribution is -0.127. The Morgan fingerprint density at radius 3 is 2.27 bits per heavy atom. The zero-order chi connectivity index (χ0) is 21.8. The average Bonchev–Trinajstić information content (AvgIpc) is 3.15. The van der Waals surface area contributed by atoms with Gasteiger partial charge in [0.05, 0.1) is 29.6 Å². The Kier molecular flexibility index (Phi) is 6.30. The Morgan fingerprint density at radius 1 is 1.07 bits per heavy atom. The number of anilines is 1. The first-order valence-electron chi connectivity index (χ1n) is 9.70. The van der Waals surface area contributed by atoms with Gasteiger partial charge in [-0.3, -0.25) is 9.59 Å². The van der Waals surface area contributed by atoms with Crippen molar-refractivity contribution in [2.45, 2.75) is 26.2 Å². The first kappa shape index (κ1) is 21.2. The maximum absolute atomic E-state index is 13.3. The molecule has 6 nitrogen and oxygen atoms in total. The highest BCUT2D eigenvalue weighted by atomic mass is 19.1. The summed E-state index contributed by atoms with van der Waals surface area (Å²) in [7, 11) is 3.44. The molecule has 2 aromatic carbocycles. The third-order valence-electron chi connectivity index (χ3n) is 4.74. The highest BCUT2D eigenvalue weighted by molar-refractivity contribution is 6.05. The van der Waals surface area contributed by atoms with Crippen molar-refractivity contribution in [3.05, 3.63) is 77.4 Å². The van der Waals surface area contributed by atoms with Crippen LogP contribution in [0.5, 0.6) is 0 Å². The van der Waals surface area contributed by atoms with Gasteiger partial charge in [0.25, 0.3) is 5.91 Å². The maximum atomic E-state index is 13.3. The third kappa shape index (κ3) is 4.74. The van der Waals surface area contributed by atoms with Crippen molar-refractivity contribution >= 4 is 17.5 Å². The number of likely N-dealkylation sites (N-methyl/N-ethyl adjacent to an activating group) is 1. The molecule has 0 aliphatic heterocycles. The largest absolute Gasteiger partial charge is 0.349 e. The van der Waals surface area contributed by atoms with Gasteiger partial charge in [-0.25, -0.2) is 9.07 Å². The van der Waals surface area contributed by atoms with Gasteiger partial charge in [0.2, 0.25) is 5.91 Å². The van der Waals surface area contributed by atoms with Gasteiger partial charge in [-0.2, -0.15) is 5.10 Å². The molecule has 0 radical (unpaired) electrons. The molecular weight excluding hydrogens is 383 g/mol. The summed E-state index contributed by atoms with van der Waals surface area (Å²) in [5, 5.41) is 7.24. The molecule has 0 saturated heterocycles. The minimum absolute atomic E-state index is 0.0153. The van der Waals surface area contributed by atoms with E-state index in [1.165, 1.54) is 18.3 Å². The summed E-state index contributed by atoms with van der Waals surface area (Å²) in [6.07, 6.45) is 1.83. The molecule has 0 saturated carbocycles. The normalized spacial score (nSPS) is 10.9. The molecule has 0 bridgehead atoms. The Labute approximate surface area is 175 Å². The molecule has 156 valence electrons. The molecule has 0 spiro atoms. The summed E-state index contributed by atoms with van der Waals surface area (Å²) in [6.45, 7) is 3.95. The number of nitrogens with zero attached hydrogens (tertiary/aromatic N) is 3. The zero-order valence-electron chi connectivity index (χ0n) is 17.5. The van der Waals surface area contributed by atoms with Crippen molar-refractivity contribution in [1.82, 2.24) is 14.7 Å². The molecule has 1 N–H and O–H groups in total. The molecule has 0 unspecified atom stereocenters. The van der Waals surface area contributed by atoms with E-state index in [0.29, 0.717) is 23.4 Å².